The summed E-state index contributed by atoms with van der Waals surface area (Å²) < 4.78 is 51.7. The molecule has 1 aliphatic rings. The molecule has 0 radical (unpaired) electrons. The number of sulfonamides is 1. The van der Waals surface area contributed by atoms with Crippen LogP contribution in [0, 0.1) is 11.6 Å². The van der Waals surface area contributed by atoms with E-state index in [-0.39, 0.29) is 29.4 Å². The molecule has 1 aliphatic heterocycles. The molecule has 1 fully saturated rings. The normalized spacial score (nSPS) is 17.7. The maximum atomic E-state index is 13.7. The standard InChI is InChI=1S/C11H7F2N5.C6H13NO3S/c12-6-2-1-3-15-10(6)8-4-7(13)9-5-16-11(14)17-18(8)9;1-11(9,10)7-4-2-3-6(8)5-7/h1-5H,(H2,14,17);6,8H,2-5H2,1H3. The molecule has 0 aliphatic carbocycles. The van der Waals surface area contributed by atoms with Crippen LogP contribution in [0.5, 0.6) is 0 Å². The zero-order chi connectivity index (χ0) is 21.2. The molecule has 0 spiro atoms. The summed E-state index contributed by atoms with van der Waals surface area (Å²) in [5.74, 6) is -1.15. The Hall–Kier alpha value is -2.70. The van der Waals surface area contributed by atoms with Gasteiger partial charge in [-0.05, 0) is 25.0 Å². The van der Waals surface area contributed by atoms with Crippen LogP contribution in [-0.2, 0) is 10.0 Å². The zero-order valence-corrected chi connectivity index (χ0v) is 16.4. The molecule has 12 heteroatoms. The highest BCUT2D eigenvalue weighted by atomic mass is 32.2. The van der Waals surface area contributed by atoms with Crippen molar-refractivity contribution >= 4 is 21.5 Å². The Labute approximate surface area is 165 Å². The second kappa shape index (κ2) is 8.35. The molecule has 3 N–H and O–H groups in total. The van der Waals surface area contributed by atoms with Crippen molar-refractivity contribution in [3.8, 4) is 11.4 Å². The summed E-state index contributed by atoms with van der Waals surface area (Å²) >= 11 is 0. The highest BCUT2D eigenvalue weighted by Gasteiger charge is 2.24. The number of aliphatic hydroxyl groups excluding tert-OH is 1. The molecule has 1 saturated heterocycles. The van der Waals surface area contributed by atoms with Crippen LogP contribution in [0.15, 0.2) is 30.6 Å². The molecule has 3 aromatic heterocycles. The minimum Gasteiger partial charge on any atom is -0.392 e. The van der Waals surface area contributed by atoms with Gasteiger partial charge in [0.2, 0.25) is 16.0 Å². The third kappa shape index (κ3) is 4.83. The predicted octanol–water partition coefficient (Wildman–Crippen LogP) is 1.05. The van der Waals surface area contributed by atoms with E-state index < -0.39 is 27.8 Å². The van der Waals surface area contributed by atoms with Gasteiger partial charge in [-0.15, -0.1) is 5.10 Å². The van der Waals surface area contributed by atoms with Gasteiger partial charge >= 0.3 is 0 Å². The second-order valence-corrected chi connectivity index (χ2v) is 8.52. The summed E-state index contributed by atoms with van der Waals surface area (Å²) in [7, 11) is -3.09. The molecule has 0 saturated carbocycles. The van der Waals surface area contributed by atoms with Crippen LogP contribution < -0.4 is 5.73 Å². The summed E-state index contributed by atoms with van der Waals surface area (Å²) in [6.07, 6.45) is 4.83. The Kier molecular flexibility index (Phi) is 6.05. The van der Waals surface area contributed by atoms with Crippen molar-refractivity contribution in [1.29, 1.82) is 0 Å². The highest BCUT2D eigenvalue weighted by molar-refractivity contribution is 7.88. The summed E-state index contributed by atoms with van der Waals surface area (Å²) in [5, 5.41) is 13.0. The van der Waals surface area contributed by atoms with Gasteiger partial charge < -0.3 is 10.8 Å². The van der Waals surface area contributed by atoms with E-state index >= 15 is 0 Å². The number of hydrogen-bond acceptors (Lipinski definition) is 7. The Morgan fingerprint density at radius 2 is 2.03 bits per heavy atom. The third-order valence-electron chi connectivity index (χ3n) is 4.32. The van der Waals surface area contributed by atoms with Gasteiger partial charge in [-0.1, -0.05) is 0 Å². The molecule has 156 valence electrons. The number of β-amino-alcohol motifs (C(OH)–C–C–N with tert-alkyl or cyclic N) is 1. The van der Waals surface area contributed by atoms with Crippen LogP contribution in [0.2, 0.25) is 0 Å². The quantitative estimate of drug-likeness (QED) is 0.627. The molecule has 9 nitrogen and oxygen atoms in total. The van der Waals surface area contributed by atoms with Crippen LogP contribution in [0.4, 0.5) is 14.7 Å². The first kappa shape index (κ1) is 21.0. The van der Waals surface area contributed by atoms with Crippen LogP contribution in [0.1, 0.15) is 12.8 Å². The van der Waals surface area contributed by atoms with Gasteiger partial charge in [-0.3, -0.25) is 4.98 Å². The SMILES string of the molecule is CS(=O)(=O)N1CCCC(O)C1.Nc1ncc2c(F)cc(-c3ncccc3F)n2n1. The van der Waals surface area contributed by atoms with Gasteiger partial charge in [0.25, 0.3) is 0 Å². The molecule has 0 bridgehead atoms. The average Bonchev–Trinajstić information content (AvgIpc) is 2.98. The molecule has 4 heterocycles. The monoisotopic (exact) mass is 426 g/mol. The zero-order valence-electron chi connectivity index (χ0n) is 15.5. The predicted molar refractivity (Wildman–Crippen MR) is 102 cm³/mol. The lowest BCUT2D eigenvalue weighted by molar-refractivity contribution is 0.108. The lowest BCUT2D eigenvalue weighted by Gasteiger charge is -2.27. The molecule has 0 amide bonds. The van der Waals surface area contributed by atoms with E-state index in [0.717, 1.165) is 12.5 Å². The first-order valence-electron chi connectivity index (χ1n) is 8.70. The first-order valence-corrected chi connectivity index (χ1v) is 10.6. The maximum absolute atomic E-state index is 13.7. The van der Waals surface area contributed by atoms with Crippen molar-refractivity contribution in [3.05, 3.63) is 42.2 Å². The van der Waals surface area contributed by atoms with Gasteiger partial charge in [0, 0.05) is 25.4 Å². The molecular weight excluding hydrogens is 406 g/mol. The molecule has 3 aromatic rings. The van der Waals surface area contributed by atoms with Gasteiger partial charge in [-0.25, -0.2) is 26.7 Å². The molecular formula is C17H20F2N6O3S. The fourth-order valence-electron chi connectivity index (χ4n) is 2.93. The molecule has 1 atom stereocenters. The summed E-state index contributed by atoms with van der Waals surface area (Å²) in [6.45, 7) is 0.814. The van der Waals surface area contributed by atoms with Crippen LogP contribution in [0.25, 0.3) is 16.9 Å². The third-order valence-corrected chi connectivity index (χ3v) is 5.59. The van der Waals surface area contributed by atoms with Crippen LogP contribution >= 0.6 is 0 Å². The number of piperidine rings is 1. The second-order valence-electron chi connectivity index (χ2n) is 6.54. The minimum absolute atomic E-state index is 0.00880. The van der Waals surface area contributed by atoms with Crippen molar-refractivity contribution in [2.24, 2.45) is 0 Å². The number of rotatable bonds is 2. The van der Waals surface area contributed by atoms with Gasteiger partial charge in [0.1, 0.15) is 11.2 Å². The van der Waals surface area contributed by atoms with E-state index in [9.17, 15) is 17.2 Å². The van der Waals surface area contributed by atoms with E-state index in [1.54, 1.807) is 0 Å². The van der Waals surface area contributed by atoms with Crippen molar-refractivity contribution in [3.63, 3.8) is 0 Å². The highest BCUT2D eigenvalue weighted by Crippen LogP contribution is 2.24. The summed E-state index contributed by atoms with van der Waals surface area (Å²) in [4.78, 5) is 7.57. The number of nitrogen functional groups attached to an aromatic ring is 1. The number of aromatic nitrogens is 4. The largest absolute Gasteiger partial charge is 0.392 e. The Morgan fingerprint density at radius 3 is 2.66 bits per heavy atom. The fourth-order valence-corrected chi connectivity index (χ4v) is 3.83. The van der Waals surface area contributed by atoms with E-state index in [2.05, 4.69) is 15.1 Å². The fraction of sp³-hybridized carbons (Fsp3) is 0.353. The van der Waals surface area contributed by atoms with Crippen molar-refractivity contribution in [2.75, 3.05) is 25.1 Å². The molecule has 4 rings (SSSR count). The van der Waals surface area contributed by atoms with Gasteiger partial charge in [0.15, 0.2) is 11.6 Å². The van der Waals surface area contributed by atoms with E-state index in [0.29, 0.717) is 13.0 Å². The Balaban J connectivity index is 0.000000188. The number of pyridine rings is 1. The number of hydrogen-bond donors (Lipinski definition) is 2. The Bertz CT molecular complexity index is 1120. The molecule has 29 heavy (non-hydrogen) atoms. The minimum atomic E-state index is -3.09. The number of nitrogens with two attached hydrogens (primary N) is 1. The molecule has 0 aromatic carbocycles. The van der Waals surface area contributed by atoms with E-state index in [1.165, 1.54) is 39.6 Å². The number of aliphatic hydroxyl groups is 1. The van der Waals surface area contributed by atoms with E-state index in [1.807, 2.05) is 0 Å². The summed E-state index contributed by atoms with van der Waals surface area (Å²) in [6, 6.07) is 3.84. The van der Waals surface area contributed by atoms with Crippen molar-refractivity contribution in [2.45, 2.75) is 18.9 Å². The lowest BCUT2D eigenvalue weighted by Crippen LogP contribution is -2.41. The summed E-state index contributed by atoms with van der Waals surface area (Å²) in [5.41, 5.74) is 5.75. The Morgan fingerprint density at radius 1 is 1.28 bits per heavy atom. The van der Waals surface area contributed by atoms with Crippen LogP contribution in [-0.4, -0.2) is 62.9 Å². The smallest absolute Gasteiger partial charge is 0.238 e. The maximum Gasteiger partial charge on any atom is 0.238 e. The van der Waals surface area contributed by atoms with E-state index in [4.69, 9.17) is 10.8 Å². The van der Waals surface area contributed by atoms with Gasteiger partial charge in [-0.2, -0.15) is 4.31 Å². The van der Waals surface area contributed by atoms with Crippen LogP contribution in [0.3, 0.4) is 0 Å². The first-order chi connectivity index (χ1) is 13.7. The lowest BCUT2D eigenvalue weighted by atomic mass is 10.1. The topological polar surface area (TPSA) is 127 Å². The molecule has 1 unspecified atom stereocenters. The number of fused-ring (bicyclic) bond motifs is 1. The van der Waals surface area contributed by atoms with Crippen molar-refractivity contribution < 1.29 is 22.3 Å². The number of nitrogens with zero attached hydrogens (tertiary/aromatic N) is 5. The number of anilines is 1. The average molecular weight is 426 g/mol. The van der Waals surface area contributed by atoms with Gasteiger partial charge in [0.05, 0.1) is 24.3 Å². The number of halogens is 2. The van der Waals surface area contributed by atoms with Crippen molar-refractivity contribution in [1.82, 2.24) is 23.9 Å².